The molecule has 0 unspecified atom stereocenters. The van der Waals surface area contributed by atoms with E-state index in [4.69, 9.17) is 0 Å². The molecule has 0 bridgehead atoms. The largest absolute Gasteiger partial charge is 0.387 e. The number of hydrogen-bond donors (Lipinski definition) is 2. The van der Waals surface area contributed by atoms with E-state index >= 15 is 0 Å². The highest BCUT2D eigenvalue weighted by Gasteiger charge is 2.22. The molecule has 0 saturated carbocycles. The number of nitrogens with zero attached hydrogens (tertiary/aromatic N) is 2. The first-order valence-electron chi connectivity index (χ1n) is 4.75. The molecule has 7 heteroatoms. The van der Waals surface area contributed by atoms with E-state index in [1.54, 1.807) is 13.8 Å². The van der Waals surface area contributed by atoms with Crippen LogP contribution in [0.5, 0.6) is 0 Å². The number of thioether (sulfide) groups is 1. The van der Waals surface area contributed by atoms with Crippen LogP contribution >= 0.6 is 23.3 Å². The van der Waals surface area contributed by atoms with Crippen molar-refractivity contribution in [2.45, 2.75) is 19.4 Å². The van der Waals surface area contributed by atoms with Gasteiger partial charge < -0.3 is 10.4 Å². The summed E-state index contributed by atoms with van der Waals surface area (Å²) in [4.78, 5) is 12.2. The summed E-state index contributed by atoms with van der Waals surface area (Å²) in [5.41, 5.74) is -0.270. The SMILES string of the molecule is CSC[C@](C)(O)CNC(=O)c1snnc1C. The number of amides is 1. The Balaban J connectivity index is 2.51. The van der Waals surface area contributed by atoms with Gasteiger partial charge in [0.25, 0.3) is 5.91 Å². The van der Waals surface area contributed by atoms with Crippen LogP contribution in [0.2, 0.25) is 0 Å². The average molecular weight is 261 g/mol. The number of carbonyl (C=O) groups is 1. The second kappa shape index (κ2) is 5.60. The zero-order chi connectivity index (χ0) is 12.2. The highest BCUT2D eigenvalue weighted by Crippen LogP contribution is 2.11. The van der Waals surface area contributed by atoms with E-state index in [1.165, 1.54) is 11.8 Å². The van der Waals surface area contributed by atoms with Crippen molar-refractivity contribution in [3.63, 3.8) is 0 Å². The van der Waals surface area contributed by atoms with Crippen LogP contribution in [0.25, 0.3) is 0 Å². The highest BCUT2D eigenvalue weighted by atomic mass is 32.2. The van der Waals surface area contributed by atoms with E-state index in [1.807, 2.05) is 6.26 Å². The van der Waals surface area contributed by atoms with Gasteiger partial charge in [-0.25, -0.2) is 0 Å². The summed E-state index contributed by atoms with van der Waals surface area (Å²) < 4.78 is 3.69. The fraction of sp³-hybridized carbons (Fsp3) is 0.667. The molecular weight excluding hydrogens is 246 g/mol. The molecule has 0 radical (unpaired) electrons. The average Bonchev–Trinajstić information content (AvgIpc) is 2.61. The molecule has 1 heterocycles. The minimum Gasteiger partial charge on any atom is -0.387 e. The maximum absolute atomic E-state index is 11.7. The van der Waals surface area contributed by atoms with Gasteiger partial charge in [0.15, 0.2) is 0 Å². The number of nitrogens with one attached hydrogen (secondary N) is 1. The van der Waals surface area contributed by atoms with E-state index in [2.05, 4.69) is 14.9 Å². The van der Waals surface area contributed by atoms with Crippen LogP contribution in [0.3, 0.4) is 0 Å². The quantitative estimate of drug-likeness (QED) is 0.815. The van der Waals surface area contributed by atoms with Gasteiger partial charge in [-0.2, -0.15) is 11.8 Å². The lowest BCUT2D eigenvalue weighted by Crippen LogP contribution is -2.42. The molecule has 0 saturated heterocycles. The Kier molecular flexibility index (Phi) is 4.69. The molecule has 1 rings (SSSR count). The van der Waals surface area contributed by atoms with Gasteiger partial charge in [-0.05, 0) is 31.6 Å². The number of aliphatic hydroxyl groups is 1. The minimum atomic E-state index is -0.888. The number of aryl methyl sites for hydroxylation is 1. The molecule has 0 aliphatic rings. The minimum absolute atomic E-state index is 0.226. The summed E-state index contributed by atoms with van der Waals surface area (Å²) in [5, 5.41) is 16.3. The molecule has 1 atom stereocenters. The van der Waals surface area contributed by atoms with E-state index in [9.17, 15) is 9.90 Å². The molecule has 5 nitrogen and oxygen atoms in total. The number of carbonyl (C=O) groups excluding carboxylic acids is 1. The van der Waals surface area contributed by atoms with Crippen molar-refractivity contribution in [3.05, 3.63) is 10.6 Å². The molecule has 0 aliphatic heterocycles. The van der Waals surface area contributed by atoms with Crippen LogP contribution in [0.1, 0.15) is 22.3 Å². The lowest BCUT2D eigenvalue weighted by molar-refractivity contribution is 0.0727. The van der Waals surface area contributed by atoms with Crippen LogP contribution < -0.4 is 5.32 Å². The van der Waals surface area contributed by atoms with Crippen LogP contribution in [-0.2, 0) is 0 Å². The number of hydrogen-bond acceptors (Lipinski definition) is 6. The smallest absolute Gasteiger partial charge is 0.265 e. The van der Waals surface area contributed by atoms with E-state index < -0.39 is 5.60 Å². The normalized spacial score (nSPS) is 14.5. The van der Waals surface area contributed by atoms with Crippen LogP contribution in [0.4, 0.5) is 0 Å². The molecule has 2 N–H and O–H groups in total. The summed E-state index contributed by atoms with van der Waals surface area (Å²) >= 11 is 2.60. The Hall–Kier alpha value is -0.660. The van der Waals surface area contributed by atoms with Crippen LogP contribution in [0, 0.1) is 6.92 Å². The van der Waals surface area contributed by atoms with Crippen molar-refractivity contribution in [3.8, 4) is 0 Å². The molecule has 0 aromatic carbocycles. The van der Waals surface area contributed by atoms with Gasteiger partial charge in [0.05, 0.1) is 11.3 Å². The molecule has 16 heavy (non-hydrogen) atoms. The standard InChI is InChI=1S/C9H15N3O2S2/c1-6-7(16-12-11-6)8(13)10-4-9(2,14)5-15-3/h14H,4-5H2,1-3H3,(H,10,13)/t9-/m1/s1. The Bertz CT molecular complexity index is 365. The molecule has 90 valence electrons. The first-order chi connectivity index (χ1) is 7.46. The second-order valence-corrected chi connectivity index (χ2v) is 5.42. The maximum Gasteiger partial charge on any atom is 0.265 e. The fourth-order valence-corrected chi connectivity index (χ4v) is 2.45. The molecule has 0 aliphatic carbocycles. The zero-order valence-electron chi connectivity index (χ0n) is 9.48. The first kappa shape index (κ1) is 13.4. The molecule has 1 aromatic rings. The topological polar surface area (TPSA) is 75.1 Å². The molecule has 1 amide bonds. The van der Waals surface area contributed by atoms with Crippen LogP contribution in [0.15, 0.2) is 0 Å². The predicted molar refractivity (Wildman–Crippen MR) is 66.0 cm³/mol. The zero-order valence-corrected chi connectivity index (χ0v) is 11.1. The summed E-state index contributed by atoms with van der Waals surface area (Å²) in [7, 11) is 0. The summed E-state index contributed by atoms with van der Waals surface area (Å²) in [6.07, 6.45) is 1.91. The first-order valence-corrected chi connectivity index (χ1v) is 6.91. The Morgan fingerprint density at radius 3 is 2.88 bits per heavy atom. The third-order valence-corrected chi connectivity index (χ3v) is 3.68. The van der Waals surface area contributed by atoms with Gasteiger partial charge in [0.2, 0.25) is 0 Å². The Labute approximate surface area is 103 Å². The van der Waals surface area contributed by atoms with Gasteiger partial charge in [0, 0.05) is 12.3 Å². The van der Waals surface area contributed by atoms with Crippen molar-refractivity contribution < 1.29 is 9.90 Å². The number of rotatable bonds is 5. The van der Waals surface area contributed by atoms with Crippen LogP contribution in [-0.4, -0.2) is 44.8 Å². The number of aromatic nitrogens is 2. The lowest BCUT2D eigenvalue weighted by atomic mass is 10.1. The predicted octanol–water partition coefficient (Wildman–Crippen LogP) is 0.690. The van der Waals surface area contributed by atoms with Crippen molar-refractivity contribution in [2.75, 3.05) is 18.6 Å². The van der Waals surface area contributed by atoms with Gasteiger partial charge in [-0.15, -0.1) is 5.10 Å². The van der Waals surface area contributed by atoms with Gasteiger partial charge >= 0.3 is 0 Å². The summed E-state index contributed by atoms with van der Waals surface area (Å²) in [6.45, 7) is 3.66. The third-order valence-electron chi connectivity index (χ3n) is 1.94. The third kappa shape index (κ3) is 3.73. The Morgan fingerprint density at radius 2 is 2.38 bits per heavy atom. The monoisotopic (exact) mass is 261 g/mol. The van der Waals surface area contributed by atoms with E-state index in [0.717, 1.165) is 11.5 Å². The van der Waals surface area contributed by atoms with Gasteiger partial charge in [-0.1, -0.05) is 4.49 Å². The van der Waals surface area contributed by atoms with E-state index in [-0.39, 0.29) is 12.5 Å². The maximum atomic E-state index is 11.7. The second-order valence-electron chi connectivity index (χ2n) is 3.80. The molecular formula is C9H15N3O2S2. The van der Waals surface area contributed by atoms with Crippen molar-refractivity contribution in [1.82, 2.24) is 14.9 Å². The molecule has 0 fully saturated rings. The van der Waals surface area contributed by atoms with Crippen molar-refractivity contribution in [2.24, 2.45) is 0 Å². The lowest BCUT2D eigenvalue weighted by Gasteiger charge is -2.22. The van der Waals surface area contributed by atoms with Crippen molar-refractivity contribution >= 4 is 29.2 Å². The fourth-order valence-electron chi connectivity index (χ4n) is 1.15. The Morgan fingerprint density at radius 1 is 1.69 bits per heavy atom. The van der Waals surface area contributed by atoms with Gasteiger partial charge in [0.1, 0.15) is 4.88 Å². The molecule has 0 spiro atoms. The summed E-state index contributed by atoms with van der Waals surface area (Å²) in [6, 6.07) is 0. The van der Waals surface area contributed by atoms with Gasteiger partial charge in [-0.3, -0.25) is 4.79 Å². The highest BCUT2D eigenvalue weighted by molar-refractivity contribution is 7.98. The van der Waals surface area contributed by atoms with E-state index in [0.29, 0.717) is 16.3 Å². The molecule has 1 aromatic heterocycles. The summed E-state index contributed by atoms with van der Waals surface area (Å²) in [5.74, 6) is 0.349. The van der Waals surface area contributed by atoms with Crippen molar-refractivity contribution in [1.29, 1.82) is 0 Å².